The van der Waals surface area contributed by atoms with Gasteiger partial charge in [0.25, 0.3) is 5.91 Å². The SMILES string of the molecule is Cc1ccccc1Nc1nc(N)nc(C[NH+](C)CC(=O)NC2CC2)n1. The predicted molar refractivity (Wildman–Crippen MR) is 95.3 cm³/mol. The van der Waals surface area contributed by atoms with Crippen molar-refractivity contribution in [2.75, 3.05) is 24.6 Å². The third kappa shape index (κ3) is 5.12. The van der Waals surface area contributed by atoms with Crippen LogP contribution >= 0.6 is 0 Å². The van der Waals surface area contributed by atoms with Crippen molar-refractivity contribution in [2.24, 2.45) is 0 Å². The third-order valence-electron chi connectivity index (χ3n) is 3.96. The van der Waals surface area contributed by atoms with Gasteiger partial charge in [-0.1, -0.05) is 18.2 Å². The van der Waals surface area contributed by atoms with Crippen LogP contribution in [0.1, 0.15) is 24.2 Å². The summed E-state index contributed by atoms with van der Waals surface area (Å²) in [5, 5.41) is 6.15. The molecule has 1 atom stereocenters. The number of rotatable bonds is 7. The van der Waals surface area contributed by atoms with Crippen LogP contribution in [0.15, 0.2) is 24.3 Å². The number of para-hydroxylation sites is 1. The van der Waals surface area contributed by atoms with Gasteiger partial charge in [0.05, 0.1) is 7.05 Å². The van der Waals surface area contributed by atoms with Gasteiger partial charge in [0.2, 0.25) is 11.9 Å². The Balaban J connectivity index is 1.64. The first-order valence-electron chi connectivity index (χ1n) is 8.43. The minimum atomic E-state index is 0.0558. The van der Waals surface area contributed by atoms with Gasteiger partial charge in [-0.2, -0.15) is 15.0 Å². The first-order valence-corrected chi connectivity index (χ1v) is 8.43. The van der Waals surface area contributed by atoms with Crippen LogP contribution in [0.5, 0.6) is 0 Å². The molecule has 132 valence electrons. The Morgan fingerprint density at radius 3 is 2.76 bits per heavy atom. The van der Waals surface area contributed by atoms with E-state index in [1.807, 2.05) is 38.2 Å². The number of quaternary nitrogens is 1. The molecule has 3 rings (SSSR count). The Morgan fingerprint density at radius 2 is 2.04 bits per heavy atom. The van der Waals surface area contributed by atoms with Crippen LogP contribution in [0, 0.1) is 6.92 Å². The highest BCUT2D eigenvalue weighted by Crippen LogP contribution is 2.18. The Hall–Kier alpha value is -2.74. The number of nitrogens with one attached hydrogen (secondary N) is 3. The van der Waals surface area contributed by atoms with Crippen LogP contribution in [-0.2, 0) is 11.3 Å². The second kappa shape index (κ2) is 7.43. The van der Waals surface area contributed by atoms with Crippen molar-refractivity contribution < 1.29 is 9.69 Å². The average molecular weight is 342 g/mol. The first kappa shape index (κ1) is 17.1. The van der Waals surface area contributed by atoms with Gasteiger partial charge in [0.15, 0.2) is 12.4 Å². The number of hydrogen-bond donors (Lipinski definition) is 4. The largest absolute Gasteiger partial charge is 0.368 e. The van der Waals surface area contributed by atoms with Gasteiger partial charge in [0, 0.05) is 11.7 Å². The summed E-state index contributed by atoms with van der Waals surface area (Å²) < 4.78 is 0. The third-order valence-corrected chi connectivity index (χ3v) is 3.96. The minimum Gasteiger partial charge on any atom is -0.368 e. The van der Waals surface area contributed by atoms with Crippen LogP contribution in [0.25, 0.3) is 0 Å². The Bertz CT molecular complexity index is 760. The van der Waals surface area contributed by atoms with E-state index in [-0.39, 0.29) is 11.9 Å². The molecule has 1 aliphatic carbocycles. The number of aromatic nitrogens is 3. The van der Waals surface area contributed by atoms with Crippen LogP contribution in [0.2, 0.25) is 0 Å². The van der Waals surface area contributed by atoms with Crippen molar-refractivity contribution >= 4 is 23.5 Å². The molecule has 1 aromatic heterocycles. The zero-order valence-corrected chi connectivity index (χ0v) is 14.5. The Morgan fingerprint density at radius 1 is 1.28 bits per heavy atom. The highest BCUT2D eigenvalue weighted by atomic mass is 16.2. The van der Waals surface area contributed by atoms with Crippen LogP contribution < -0.4 is 21.3 Å². The lowest BCUT2D eigenvalue weighted by atomic mass is 10.2. The van der Waals surface area contributed by atoms with Gasteiger partial charge < -0.3 is 21.3 Å². The van der Waals surface area contributed by atoms with E-state index in [1.54, 1.807) is 0 Å². The lowest BCUT2D eigenvalue weighted by Gasteiger charge is -2.14. The maximum absolute atomic E-state index is 11.9. The van der Waals surface area contributed by atoms with Crippen molar-refractivity contribution in [2.45, 2.75) is 32.4 Å². The number of likely N-dealkylation sites (N-methyl/N-ethyl adjacent to an activating group) is 1. The number of hydrogen-bond acceptors (Lipinski definition) is 6. The second-order valence-corrected chi connectivity index (χ2v) is 6.53. The van der Waals surface area contributed by atoms with E-state index in [9.17, 15) is 4.79 Å². The average Bonchev–Trinajstić information content (AvgIpc) is 3.32. The van der Waals surface area contributed by atoms with Gasteiger partial charge in [-0.25, -0.2) is 0 Å². The highest BCUT2D eigenvalue weighted by molar-refractivity contribution is 5.77. The lowest BCUT2D eigenvalue weighted by molar-refractivity contribution is -0.886. The van der Waals surface area contributed by atoms with Gasteiger partial charge in [0.1, 0.15) is 6.54 Å². The molecule has 8 heteroatoms. The summed E-state index contributed by atoms with van der Waals surface area (Å²) in [5.74, 6) is 1.18. The summed E-state index contributed by atoms with van der Waals surface area (Å²) in [7, 11) is 1.93. The van der Waals surface area contributed by atoms with E-state index in [4.69, 9.17) is 5.73 Å². The summed E-state index contributed by atoms with van der Waals surface area (Å²) in [5.41, 5.74) is 7.82. The fourth-order valence-corrected chi connectivity index (χ4v) is 2.52. The molecular formula is C17H24N7O+. The number of amides is 1. The van der Waals surface area contributed by atoms with Crippen molar-refractivity contribution in [3.63, 3.8) is 0 Å². The van der Waals surface area contributed by atoms with Crippen molar-refractivity contribution in [3.05, 3.63) is 35.7 Å². The molecule has 25 heavy (non-hydrogen) atoms. The number of benzene rings is 1. The quantitative estimate of drug-likeness (QED) is 0.555. The molecule has 2 aromatic rings. The fourth-order valence-electron chi connectivity index (χ4n) is 2.52. The number of carbonyl (C=O) groups is 1. The highest BCUT2D eigenvalue weighted by Gasteiger charge is 2.24. The Kier molecular flexibility index (Phi) is 5.08. The van der Waals surface area contributed by atoms with Crippen molar-refractivity contribution in [1.29, 1.82) is 0 Å². The van der Waals surface area contributed by atoms with E-state index in [1.165, 1.54) is 0 Å². The molecule has 1 heterocycles. The van der Waals surface area contributed by atoms with Gasteiger partial charge in [-0.15, -0.1) is 0 Å². The second-order valence-electron chi connectivity index (χ2n) is 6.53. The number of carbonyl (C=O) groups excluding carboxylic acids is 1. The zero-order valence-electron chi connectivity index (χ0n) is 14.5. The zero-order chi connectivity index (χ0) is 17.8. The summed E-state index contributed by atoms with van der Waals surface area (Å²) in [4.78, 5) is 25.6. The minimum absolute atomic E-state index is 0.0558. The molecule has 5 N–H and O–H groups in total. The van der Waals surface area contributed by atoms with Crippen molar-refractivity contribution in [1.82, 2.24) is 20.3 Å². The maximum atomic E-state index is 11.9. The molecule has 1 saturated carbocycles. The molecule has 0 saturated heterocycles. The molecule has 0 bridgehead atoms. The normalized spacial score (nSPS) is 14.8. The molecule has 1 aliphatic rings. The monoisotopic (exact) mass is 342 g/mol. The van der Waals surface area contributed by atoms with E-state index in [0.717, 1.165) is 29.0 Å². The number of nitrogen functional groups attached to an aromatic ring is 1. The molecule has 0 radical (unpaired) electrons. The smallest absolute Gasteiger partial charge is 0.275 e. The molecular weight excluding hydrogens is 318 g/mol. The first-order chi connectivity index (χ1) is 12.0. The summed E-state index contributed by atoms with van der Waals surface area (Å²) in [6.07, 6.45) is 2.17. The van der Waals surface area contributed by atoms with Gasteiger partial charge in [-0.05, 0) is 31.4 Å². The molecule has 0 spiro atoms. The lowest BCUT2D eigenvalue weighted by Crippen LogP contribution is -3.09. The molecule has 1 amide bonds. The van der Waals surface area contributed by atoms with Crippen LogP contribution in [-0.4, -0.2) is 40.5 Å². The predicted octanol–water partition coefficient (Wildman–Crippen LogP) is -0.201. The van der Waals surface area contributed by atoms with E-state index < -0.39 is 0 Å². The molecule has 0 aliphatic heterocycles. The van der Waals surface area contributed by atoms with E-state index in [2.05, 4.69) is 25.6 Å². The van der Waals surface area contributed by atoms with E-state index in [0.29, 0.717) is 30.9 Å². The number of anilines is 3. The van der Waals surface area contributed by atoms with Crippen LogP contribution in [0.3, 0.4) is 0 Å². The molecule has 1 fully saturated rings. The number of nitrogens with zero attached hydrogens (tertiary/aromatic N) is 3. The molecule has 1 aromatic carbocycles. The molecule has 8 nitrogen and oxygen atoms in total. The number of aryl methyl sites for hydroxylation is 1. The van der Waals surface area contributed by atoms with E-state index >= 15 is 0 Å². The van der Waals surface area contributed by atoms with Crippen molar-refractivity contribution in [3.8, 4) is 0 Å². The topological polar surface area (TPSA) is 110 Å². The summed E-state index contributed by atoms with van der Waals surface area (Å²) >= 11 is 0. The summed E-state index contributed by atoms with van der Waals surface area (Å²) in [6, 6.07) is 8.24. The van der Waals surface area contributed by atoms with Gasteiger partial charge >= 0.3 is 0 Å². The van der Waals surface area contributed by atoms with Gasteiger partial charge in [-0.3, -0.25) is 4.79 Å². The fraction of sp³-hybridized carbons (Fsp3) is 0.412. The number of nitrogens with two attached hydrogens (primary N) is 1. The standard InChI is InChI=1S/C17H23N7O/c1-11-5-3-4-6-13(11)20-17-22-14(21-16(18)23-17)9-24(2)10-15(25)19-12-7-8-12/h3-6,12H,7-10H2,1-2H3,(H,19,25)(H3,18,20,21,22,23)/p+1. The maximum Gasteiger partial charge on any atom is 0.275 e. The summed E-state index contributed by atoms with van der Waals surface area (Å²) in [6.45, 7) is 2.88. The molecule has 1 unspecified atom stereocenters. The Labute approximate surface area is 146 Å². The van der Waals surface area contributed by atoms with Crippen LogP contribution in [0.4, 0.5) is 17.6 Å².